The van der Waals surface area contributed by atoms with Gasteiger partial charge in [0, 0.05) is 0 Å². The Morgan fingerprint density at radius 2 is 2.20 bits per heavy atom. The van der Waals surface area contributed by atoms with Crippen molar-refractivity contribution in [3.8, 4) is 0 Å². The Morgan fingerprint density at radius 1 is 1.50 bits per heavy atom. The second-order valence-electron chi connectivity index (χ2n) is 1.89. The third kappa shape index (κ3) is 8.51. The van der Waals surface area contributed by atoms with Crippen molar-refractivity contribution in [2.75, 3.05) is 0 Å². The fourth-order valence-electron chi connectivity index (χ4n) is 0.515. The maximum atomic E-state index is 10.1. The van der Waals surface area contributed by atoms with Crippen LogP contribution in [0.25, 0.3) is 0 Å². The van der Waals surface area contributed by atoms with Gasteiger partial charge in [-0.25, -0.2) is 0 Å². The standard InChI is InChI=1S/C6H14O2Se2/c1-9-3-2-4-10-5-6(7)8/h9-10H,2-5H2,1H3,(H,7,8). The second kappa shape index (κ2) is 7.61. The van der Waals surface area contributed by atoms with Crippen LogP contribution in [0, 0.1) is 0 Å². The summed E-state index contributed by atoms with van der Waals surface area (Å²) in [5.74, 6) is 1.63. The van der Waals surface area contributed by atoms with Crippen LogP contribution in [0.4, 0.5) is 0 Å². The fourth-order valence-corrected chi connectivity index (χ4v) is 4.22. The van der Waals surface area contributed by atoms with Crippen LogP contribution in [-0.4, -0.2) is 41.0 Å². The van der Waals surface area contributed by atoms with Crippen molar-refractivity contribution < 1.29 is 9.90 Å². The molecule has 0 saturated heterocycles. The minimum atomic E-state index is -0.621. The summed E-state index contributed by atoms with van der Waals surface area (Å²) in [7, 11) is 0. The zero-order valence-electron chi connectivity index (χ0n) is 6.08. The number of carbonyl (C=O) groups is 1. The molecule has 0 aliphatic rings. The molecule has 0 amide bonds. The van der Waals surface area contributed by atoms with Crippen LogP contribution in [0.3, 0.4) is 0 Å². The Morgan fingerprint density at radius 3 is 2.70 bits per heavy atom. The summed E-state index contributed by atoms with van der Waals surface area (Å²) in [6.07, 6.45) is 1.27. The molecule has 0 aliphatic heterocycles. The van der Waals surface area contributed by atoms with Crippen molar-refractivity contribution in [2.45, 2.75) is 28.2 Å². The molecule has 0 aliphatic carbocycles. The van der Waals surface area contributed by atoms with Crippen molar-refractivity contribution >= 4 is 35.9 Å². The number of aliphatic carboxylic acids is 1. The molecule has 0 aromatic rings. The fraction of sp³-hybridized carbons (Fsp3) is 0.833. The first kappa shape index (κ1) is 10.5. The predicted molar refractivity (Wildman–Crippen MR) is 46.8 cm³/mol. The topological polar surface area (TPSA) is 37.3 Å². The van der Waals surface area contributed by atoms with Crippen molar-refractivity contribution in [2.24, 2.45) is 0 Å². The molecule has 0 rings (SSSR count). The van der Waals surface area contributed by atoms with Crippen LogP contribution < -0.4 is 0 Å². The van der Waals surface area contributed by atoms with Crippen molar-refractivity contribution in [3.05, 3.63) is 0 Å². The van der Waals surface area contributed by atoms with Crippen LogP contribution >= 0.6 is 0 Å². The first-order valence-corrected chi connectivity index (χ1v) is 9.03. The molecule has 1 N–H and O–H groups in total. The van der Waals surface area contributed by atoms with Crippen LogP contribution in [0.5, 0.6) is 0 Å². The van der Waals surface area contributed by atoms with Gasteiger partial charge < -0.3 is 0 Å². The summed E-state index contributed by atoms with van der Waals surface area (Å²) in [5, 5.41) is 11.3. The third-order valence-electron chi connectivity index (χ3n) is 0.945. The number of carboxylic acids is 1. The van der Waals surface area contributed by atoms with Crippen LogP contribution in [-0.2, 0) is 4.79 Å². The second-order valence-corrected chi connectivity index (χ2v) is 6.70. The first-order chi connectivity index (χ1) is 4.77. The molecule has 0 atom stereocenters. The quantitative estimate of drug-likeness (QED) is 0.571. The molecule has 0 aromatic carbocycles. The zero-order chi connectivity index (χ0) is 7.82. The van der Waals surface area contributed by atoms with Crippen LogP contribution in [0.15, 0.2) is 0 Å². The van der Waals surface area contributed by atoms with Crippen molar-refractivity contribution in [1.29, 1.82) is 0 Å². The molecule has 0 heterocycles. The van der Waals surface area contributed by atoms with Gasteiger partial charge in [0.25, 0.3) is 0 Å². The summed E-state index contributed by atoms with van der Waals surface area (Å²) in [6.45, 7) is 0. The molecular weight excluding hydrogens is 262 g/mol. The number of rotatable bonds is 6. The monoisotopic (exact) mass is 278 g/mol. The van der Waals surface area contributed by atoms with Gasteiger partial charge in [0.2, 0.25) is 0 Å². The van der Waals surface area contributed by atoms with Gasteiger partial charge in [0.15, 0.2) is 0 Å². The van der Waals surface area contributed by atoms with Gasteiger partial charge in [-0.05, 0) is 0 Å². The van der Waals surface area contributed by atoms with E-state index in [1.165, 1.54) is 17.1 Å². The van der Waals surface area contributed by atoms with E-state index in [1.807, 2.05) is 0 Å². The Balaban J connectivity index is 2.84. The molecule has 0 unspecified atom stereocenters. The number of carboxylic acid groups (broad SMARTS) is 1. The Bertz CT molecular complexity index is 95.7. The minimum absolute atomic E-state index is 0.116. The van der Waals surface area contributed by atoms with Gasteiger partial charge >= 0.3 is 74.0 Å². The SMILES string of the molecule is C[SeH]CCC[SeH]CC(=O)O. The summed E-state index contributed by atoms with van der Waals surface area (Å²) < 4.78 is 0. The van der Waals surface area contributed by atoms with Gasteiger partial charge in [0.1, 0.15) is 0 Å². The summed E-state index contributed by atoms with van der Waals surface area (Å²) in [5.41, 5.74) is 0. The van der Waals surface area contributed by atoms with E-state index in [0.717, 1.165) is 0 Å². The third-order valence-corrected chi connectivity index (χ3v) is 4.91. The van der Waals surface area contributed by atoms with Gasteiger partial charge in [0.05, 0.1) is 0 Å². The normalized spacial score (nSPS) is 9.70. The van der Waals surface area contributed by atoms with Crippen molar-refractivity contribution in [3.63, 3.8) is 0 Å². The molecule has 62 valence electrons. The molecular formula is C6H14O2Se2. The zero-order valence-corrected chi connectivity index (χ0v) is 9.83. The first-order valence-electron chi connectivity index (χ1n) is 3.18. The molecule has 0 fully saturated rings. The van der Waals surface area contributed by atoms with E-state index in [-0.39, 0.29) is 15.0 Å². The van der Waals surface area contributed by atoms with E-state index in [4.69, 9.17) is 5.11 Å². The Hall–Kier alpha value is 0.509. The number of hydrogen-bond donors (Lipinski definition) is 1. The predicted octanol–water partition coefficient (Wildman–Crippen LogP) is 0.637. The molecule has 2 radical (unpaired) electrons. The van der Waals surface area contributed by atoms with Crippen molar-refractivity contribution in [1.82, 2.24) is 0 Å². The van der Waals surface area contributed by atoms with Crippen LogP contribution in [0.1, 0.15) is 6.42 Å². The molecule has 0 saturated carbocycles. The molecule has 0 spiro atoms. The van der Waals surface area contributed by atoms with Gasteiger partial charge in [-0.2, -0.15) is 0 Å². The van der Waals surface area contributed by atoms with E-state index in [9.17, 15) is 4.79 Å². The van der Waals surface area contributed by atoms with Gasteiger partial charge in [-0.1, -0.05) is 0 Å². The summed E-state index contributed by atoms with van der Waals surface area (Å²) in [6, 6.07) is 0. The molecule has 0 bridgehead atoms. The van der Waals surface area contributed by atoms with E-state index < -0.39 is 5.97 Å². The maximum absolute atomic E-state index is 10.1. The van der Waals surface area contributed by atoms with Gasteiger partial charge in [-0.3, -0.25) is 0 Å². The molecule has 0 aromatic heterocycles. The average Bonchev–Trinajstić information content (AvgIpc) is 1.87. The number of hydrogen-bond acceptors (Lipinski definition) is 1. The molecule has 2 nitrogen and oxygen atoms in total. The van der Waals surface area contributed by atoms with E-state index >= 15 is 0 Å². The molecule has 10 heavy (non-hydrogen) atoms. The van der Waals surface area contributed by atoms with E-state index in [1.54, 1.807) is 0 Å². The summed E-state index contributed by atoms with van der Waals surface area (Å²) in [4.78, 5) is 10.1. The average molecular weight is 276 g/mol. The Kier molecular flexibility index (Phi) is 8.00. The van der Waals surface area contributed by atoms with Crippen LogP contribution in [0.2, 0.25) is 21.8 Å². The van der Waals surface area contributed by atoms with E-state index in [0.29, 0.717) is 20.3 Å². The Labute approximate surface area is 74.1 Å². The van der Waals surface area contributed by atoms with Gasteiger partial charge in [-0.15, -0.1) is 0 Å². The van der Waals surface area contributed by atoms with E-state index in [2.05, 4.69) is 5.82 Å². The molecule has 4 heteroatoms. The summed E-state index contributed by atoms with van der Waals surface area (Å²) >= 11 is 0.674.